The smallest absolute Gasteiger partial charge is 0.224 e. The second kappa shape index (κ2) is 8.10. The van der Waals surface area contributed by atoms with Gasteiger partial charge in [-0.05, 0) is 59.9 Å². The molecule has 1 amide bonds. The SMILES string of the molecule is CC(=O)N1c2ccc(-c3ccc(CO)cc3)cc2[C@@H](Nc2ccccc2)C[C@H]1C. The molecule has 0 unspecified atom stereocenters. The van der Waals surface area contributed by atoms with Gasteiger partial charge in [-0.3, -0.25) is 4.79 Å². The van der Waals surface area contributed by atoms with Crippen molar-refractivity contribution in [2.75, 3.05) is 10.2 Å². The Bertz CT molecular complexity index is 999. The summed E-state index contributed by atoms with van der Waals surface area (Å²) in [6, 6.07) is 24.7. The fourth-order valence-electron chi connectivity index (χ4n) is 4.20. The molecule has 2 N–H and O–H groups in total. The molecule has 29 heavy (non-hydrogen) atoms. The van der Waals surface area contributed by atoms with Crippen LogP contribution in [0.3, 0.4) is 0 Å². The fourth-order valence-corrected chi connectivity index (χ4v) is 4.20. The number of hydrogen-bond donors (Lipinski definition) is 2. The highest BCUT2D eigenvalue weighted by Gasteiger charge is 2.32. The van der Waals surface area contributed by atoms with E-state index in [0.717, 1.165) is 40.0 Å². The zero-order valence-corrected chi connectivity index (χ0v) is 16.8. The van der Waals surface area contributed by atoms with Gasteiger partial charge in [-0.2, -0.15) is 0 Å². The molecule has 148 valence electrons. The zero-order chi connectivity index (χ0) is 20.4. The molecule has 1 heterocycles. The third kappa shape index (κ3) is 3.89. The van der Waals surface area contributed by atoms with Crippen molar-refractivity contribution in [2.24, 2.45) is 0 Å². The summed E-state index contributed by atoms with van der Waals surface area (Å²) in [5.74, 6) is 0.0666. The first kappa shape index (κ1) is 19.2. The van der Waals surface area contributed by atoms with Gasteiger partial charge in [0, 0.05) is 24.3 Å². The minimum absolute atomic E-state index is 0.0407. The van der Waals surface area contributed by atoms with E-state index in [0.29, 0.717) is 0 Å². The third-order valence-electron chi connectivity index (χ3n) is 5.60. The molecule has 0 fully saturated rings. The van der Waals surface area contributed by atoms with E-state index in [1.165, 1.54) is 0 Å². The number of para-hydroxylation sites is 1. The molecule has 4 rings (SSSR count). The largest absolute Gasteiger partial charge is 0.392 e. The van der Waals surface area contributed by atoms with Crippen LogP contribution >= 0.6 is 0 Å². The molecule has 0 bridgehead atoms. The van der Waals surface area contributed by atoms with Crippen molar-refractivity contribution in [3.8, 4) is 11.1 Å². The van der Waals surface area contributed by atoms with E-state index in [2.05, 4.69) is 42.6 Å². The second-order valence-electron chi connectivity index (χ2n) is 7.67. The zero-order valence-electron chi connectivity index (χ0n) is 16.8. The monoisotopic (exact) mass is 386 g/mol. The van der Waals surface area contributed by atoms with Gasteiger partial charge in [-0.1, -0.05) is 48.5 Å². The molecular weight excluding hydrogens is 360 g/mol. The standard InChI is InChI=1S/C25H26N2O2/c1-17-14-24(26-22-6-4-3-5-7-22)23-15-21(12-13-25(23)27(17)18(2)29)20-10-8-19(16-28)9-11-20/h3-13,15,17,24,26,28H,14,16H2,1-2H3/t17-,24+/m1/s1. The molecule has 4 nitrogen and oxygen atoms in total. The highest BCUT2D eigenvalue weighted by atomic mass is 16.3. The number of fused-ring (bicyclic) bond motifs is 1. The van der Waals surface area contributed by atoms with Gasteiger partial charge in [0.15, 0.2) is 0 Å². The summed E-state index contributed by atoms with van der Waals surface area (Å²) >= 11 is 0. The Kier molecular flexibility index (Phi) is 5.36. The molecule has 3 aromatic carbocycles. The Hall–Kier alpha value is -3.11. The van der Waals surface area contributed by atoms with E-state index in [-0.39, 0.29) is 24.6 Å². The average Bonchev–Trinajstić information content (AvgIpc) is 2.74. The lowest BCUT2D eigenvalue weighted by molar-refractivity contribution is -0.117. The highest BCUT2D eigenvalue weighted by Crippen LogP contribution is 2.41. The van der Waals surface area contributed by atoms with Gasteiger partial charge in [-0.25, -0.2) is 0 Å². The van der Waals surface area contributed by atoms with E-state index in [4.69, 9.17) is 0 Å². The summed E-state index contributed by atoms with van der Waals surface area (Å²) in [5.41, 5.74) is 6.27. The number of aliphatic hydroxyl groups excluding tert-OH is 1. The summed E-state index contributed by atoms with van der Waals surface area (Å²) in [5, 5.41) is 12.9. The van der Waals surface area contributed by atoms with Crippen molar-refractivity contribution in [2.45, 2.75) is 39.0 Å². The molecule has 3 aromatic rings. The summed E-state index contributed by atoms with van der Waals surface area (Å²) < 4.78 is 0. The number of carbonyl (C=O) groups is 1. The maximum absolute atomic E-state index is 12.3. The van der Waals surface area contributed by atoms with Crippen molar-refractivity contribution in [1.82, 2.24) is 0 Å². The molecule has 1 aliphatic heterocycles. The topological polar surface area (TPSA) is 52.6 Å². The molecule has 0 radical (unpaired) electrons. The summed E-state index contributed by atoms with van der Waals surface area (Å²) in [6.45, 7) is 3.78. The van der Waals surface area contributed by atoms with Crippen LogP contribution in [0.2, 0.25) is 0 Å². The van der Waals surface area contributed by atoms with Crippen LogP contribution < -0.4 is 10.2 Å². The number of carbonyl (C=O) groups excluding carboxylic acids is 1. The minimum atomic E-state index is 0.0407. The minimum Gasteiger partial charge on any atom is -0.392 e. The first-order chi connectivity index (χ1) is 14.1. The number of rotatable bonds is 4. The summed E-state index contributed by atoms with van der Waals surface area (Å²) in [4.78, 5) is 14.2. The van der Waals surface area contributed by atoms with Crippen LogP contribution in [0.25, 0.3) is 11.1 Å². The van der Waals surface area contributed by atoms with Crippen LogP contribution in [0.5, 0.6) is 0 Å². The Morgan fingerprint density at radius 3 is 2.38 bits per heavy atom. The van der Waals surface area contributed by atoms with Crippen molar-refractivity contribution < 1.29 is 9.90 Å². The number of nitrogens with zero attached hydrogens (tertiary/aromatic N) is 1. The number of amides is 1. The lowest BCUT2D eigenvalue weighted by Gasteiger charge is -2.39. The van der Waals surface area contributed by atoms with E-state index in [1.807, 2.05) is 47.4 Å². The van der Waals surface area contributed by atoms with Gasteiger partial charge in [0.2, 0.25) is 5.91 Å². The van der Waals surface area contributed by atoms with Crippen molar-refractivity contribution in [3.05, 3.63) is 83.9 Å². The Labute approximate surface area is 171 Å². The average molecular weight is 386 g/mol. The second-order valence-corrected chi connectivity index (χ2v) is 7.67. The lowest BCUT2D eigenvalue weighted by atomic mass is 9.88. The quantitative estimate of drug-likeness (QED) is 0.652. The molecule has 0 saturated carbocycles. The highest BCUT2D eigenvalue weighted by molar-refractivity contribution is 5.94. The van der Waals surface area contributed by atoms with Crippen LogP contribution in [-0.2, 0) is 11.4 Å². The lowest BCUT2D eigenvalue weighted by Crippen LogP contribution is -2.43. The molecule has 4 heteroatoms. The molecule has 1 aliphatic rings. The molecule has 0 spiro atoms. The van der Waals surface area contributed by atoms with Gasteiger partial charge >= 0.3 is 0 Å². The summed E-state index contributed by atoms with van der Waals surface area (Å²) in [6.07, 6.45) is 0.842. The molecule has 2 atom stereocenters. The van der Waals surface area contributed by atoms with E-state index in [9.17, 15) is 9.90 Å². The molecule has 0 aliphatic carbocycles. The number of aliphatic hydroxyl groups is 1. The maximum atomic E-state index is 12.3. The van der Waals surface area contributed by atoms with E-state index in [1.54, 1.807) is 6.92 Å². The molecule has 0 aromatic heterocycles. The first-order valence-electron chi connectivity index (χ1n) is 10.0. The number of benzene rings is 3. The van der Waals surface area contributed by atoms with Crippen LogP contribution in [0.4, 0.5) is 11.4 Å². The van der Waals surface area contributed by atoms with Crippen molar-refractivity contribution in [3.63, 3.8) is 0 Å². The Balaban J connectivity index is 1.76. The van der Waals surface area contributed by atoms with Gasteiger partial charge in [0.05, 0.1) is 12.6 Å². The fraction of sp³-hybridized carbons (Fsp3) is 0.240. The van der Waals surface area contributed by atoms with Gasteiger partial charge in [0.25, 0.3) is 0 Å². The Morgan fingerprint density at radius 1 is 1.03 bits per heavy atom. The third-order valence-corrected chi connectivity index (χ3v) is 5.60. The van der Waals surface area contributed by atoms with Crippen molar-refractivity contribution in [1.29, 1.82) is 0 Å². The Morgan fingerprint density at radius 2 is 1.72 bits per heavy atom. The van der Waals surface area contributed by atoms with Gasteiger partial charge < -0.3 is 15.3 Å². The van der Waals surface area contributed by atoms with Crippen LogP contribution in [0.15, 0.2) is 72.8 Å². The number of anilines is 2. The number of nitrogens with one attached hydrogen (secondary N) is 1. The molecular formula is C25H26N2O2. The van der Waals surface area contributed by atoms with Gasteiger partial charge in [-0.15, -0.1) is 0 Å². The predicted octanol–water partition coefficient (Wildman–Crippen LogP) is 5.14. The molecule has 0 saturated heterocycles. The number of hydrogen-bond acceptors (Lipinski definition) is 3. The summed E-state index contributed by atoms with van der Waals surface area (Å²) in [7, 11) is 0. The predicted molar refractivity (Wildman–Crippen MR) is 118 cm³/mol. The van der Waals surface area contributed by atoms with E-state index >= 15 is 0 Å². The normalized spacial score (nSPS) is 18.2. The van der Waals surface area contributed by atoms with E-state index < -0.39 is 0 Å². The maximum Gasteiger partial charge on any atom is 0.224 e. The van der Waals surface area contributed by atoms with Gasteiger partial charge in [0.1, 0.15) is 0 Å². The van der Waals surface area contributed by atoms with Crippen LogP contribution in [-0.4, -0.2) is 17.1 Å². The van der Waals surface area contributed by atoms with Crippen LogP contribution in [0, 0.1) is 0 Å². The van der Waals surface area contributed by atoms with Crippen LogP contribution in [0.1, 0.15) is 37.4 Å². The first-order valence-corrected chi connectivity index (χ1v) is 10.0. The van der Waals surface area contributed by atoms with Crippen molar-refractivity contribution >= 4 is 17.3 Å².